The molecule has 1 aliphatic carbocycles. The van der Waals surface area contributed by atoms with Crippen molar-refractivity contribution in [3.63, 3.8) is 0 Å². The van der Waals surface area contributed by atoms with E-state index in [1.54, 1.807) is 0 Å². The largest absolute Gasteiger partial charge is 0.384 e. The summed E-state index contributed by atoms with van der Waals surface area (Å²) < 4.78 is 0. The number of aromatic nitrogens is 1. The zero-order chi connectivity index (χ0) is 15.4. The Balaban J connectivity index is 1.52. The molecule has 1 saturated carbocycles. The van der Waals surface area contributed by atoms with Crippen LogP contribution in [0.5, 0.6) is 0 Å². The van der Waals surface area contributed by atoms with Crippen LogP contribution in [0.2, 0.25) is 0 Å². The van der Waals surface area contributed by atoms with Crippen LogP contribution in [0.1, 0.15) is 54.0 Å². The number of nitrogens with zero attached hydrogens (tertiary/aromatic N) is 1. The monoisotopic (exact) mass is 316 g/mol. The molecule has 2 aromatic rings. The van der Waals surface area contributed by atoms with Crippen molar-refractivity contribution in [2.45, 2.75) is 50.7 Å². The van der Waals surface area contributed by atoms with E-state index < -0.39 is 5.60 Å². The van der Waals surface area contributed by atoms with E-state index >= 15 is 0 Å². The van der Waals surface area contributed by atoms with Crippen molar-refractivity contribution in [1.82, 2.24) is 10.3 Å². The van der Waals surface area contributed by atoms with Crippen LogP contribution in [0.4, 0.5) is 0 Å². The summed E-state index contributed by atoms with van der Waals surface area (Å²) in [6.07, 6.45) is 7.27. The van der Waals surface area contributed by atoms with Crippen LogP contribution < -0.4 is 5.32 Å². The molecule has 1 heterocycles. The van der Waals surface area contributed by atoms with E-state index in [-0.39, 0.29) is 0 Å². The summed E-state index contributed by atoms with van der Waals surface area (Å²) in [5.74, 6) is 0.686. The van der Waals surface area contributed by atoms with Crippen LogP contribution in [0.15, 0.2) is 36.5 Å². The number of hydrogen-bond acceptors (Lipinski definition) is 4. The maximum Gasteiger partial charge on any atom is 0.0992 e. The minimum atomic E-state index is -0.847. The highest BCUT2D eigenvalue weighted by Crippen LogP contribution is 2.36. The van der Waals surface area contributed by atoms with Crippen molar-refractivity contribution in [3.8, 4) is 0 Å². The van der Waals surface area contributed by atoms with Gasteiger partial charge in [-0.2, -0.15) is 0 Å². The fourth-order valence-electron chi connectivity index (χ4n) is 3.09. The predicted molar refractivity (Wildman–Crippen MR) is 91.0 cm³/mol. The Morgan fingerprint density at radius 1 is 1.27 bits per heavy atom. The van der Waals surface area contributed by atoms with Gasteiger partial charge < -0.3 is 10.4 Å². The van der Waals surface area contributed by atoms with Gasteiger partial charge in [0, 0.05) is 30.1 Å². The molecule has 0 aliphatic heterocycles. The SMILES string of the molecule is CC(O)(CNCc1cnc(C2CCCC2)s1)c1ccccc1. The number of hydrogen-bond donors (Lipinski definition) is 2. The lowest BCUT2D eigenvalue weighted by atomic mass is 9.96. The van der Waals surface area contributed by atoms with Gasteiger partial charge in [0.05, 0.1) is 10.6 Å². The molecule has 118 valence electrons. The van der Waals surface area contributed by atoms with Gasteiger partial charge in [-0.05, 0) is 25.3 Å². The minimum absolute atomic E-state index is 0.535. The second-order valence-electron chi connectivity index (χ2n) is 6.39. The molecule has 0 radical (unpaired) electrons. The maximum atomic E-state index is 10.6. The zero-order valence-electron chi connectivity index (χ0n) is 13.1. The molecule has 0 amide bonds. The summed E-state index contributed by atoms with van der Waals surface area (Å²) in [7, 11) is 0. The summed E-state index contributed by atoms with van der Waals surface area (Å²) in [6.45, 7) is 3.16. The quantitative estimate of drug-likeness (QED) is 0.852. The third kappa shape index (κ3) is 3.75. The third-order valence-electron chi connectivity index (χ3n) is 4.44. The molecule has 1 unspecified atom stereocenters. The average Bonchev–Trinajstić information content (AvgIpc) is 3.19. The molecular weight excluding hydrogens is 292 g/mol. The van der Waals surface area contributed by atoms with E-state index in [9.17, 15) is 5.11 Å². The van der Waals surface area contributed by atoms with Gasteiger partial charge in [-0.25, -0.2) is 4.98 Å². The van der Waals surface area contributed by atoms with E-state index in [2.05, 4.69) is 10.3 Å². The Morgan fingerprint density at radius 2 is 2.00 bits per heavy atom. The Morgan fingerprint density at radius 3 is 2.73 bits per heavy atom. The second-order valence-corrected chi connectivity index (χ2v) is 7.54. The van der Waals surface area contributed by atoms with E-state index in [4.69, 9.17) is 0 Å². The first-order chi connectivity index (χ1) is 10.6. The third-order valence-corrected chi connectivity index (χ3v) is 5.60. The van der Waals surface area contributed by atoms with Gasteiger partial charge in [-0.3, -0.25) is 0 Å². The van der Waals surface area contributed by atoms with Crippen LogP contribution in [-0.4, -0.2) is 16.6 Å². The normalized spacial score (nSPS) is 18.5. The van der Waals surface area contributed by atoms with Crippen molar-refractivity contribution in [2.24, 2.45) is 0 Å². The van der Waals surface area contributed by atoms with Gasteiger partial charge in [0.25, 0.3) is 0 Å². The van der Waals surface area contributed by atoms with Crippen molar-refractivity contribution in [2.75, 3.05) is 6.54 Å². The van der Waals surface area contributed by atoms with Crippen molar-refractivity contribution in [3.05, 3.63) is 52.0 Å². The predicted octanol–water partition coefficient (Wildman–Crippen LogP) is 3.80. The molecule has 1 fully saturated rings. The maximum absolute atomic E-state index is 10.6. The summed E-state index contributed by atoms with van der Waals surface area (Å²) in [4.78, 5) is 5.84. The number of benzene rings is 1. The van der Waals surface area contributed by atoms with Crippen LogP contribution >= 0.6 is 11.3 Å². The summed E-state index contributed by atoms with van der Waals surface area (Å²) in [5, 5.41) is 15.2. The van der Waals surface area contributed by atoms with Gasteiger partial charge in [0.2, 0.25) is 0 Å². The lowest BCUT2D eigenvalue weighted by Crippen LogP contribution is -2.34. The van der Waals surface area contributed by atoms with Crippen molar-refractivity contribution >= 4 is 11.3 Å². The topological polar surface area (TPSA) is 45.1 Å². The van der Waals surface area contributed by atoms with Gasteiger partial charge in [0.15, 0.2) is 0 Å². The average molecular weight is 316 g/mol. The summed E-state index contributed by atoms with van der Waals surface area (Å²) in [5.41, 5.74) is 0.0960. The van der Waals surface area contributed by atoms with E-state index in [0.717, 1.165) is 12.1 Å². The number of nitrogens with one attached hydrogen (secondary N) is 1. The molecule has 1 aromatic carbocycles. The molecule has 0 saturated heterocycles. The molecular formula is C18H24N2OS. The second kappa shape index (κ2) is 6.90. The summed E-state index contributed by atoms with van der Waals surface area (Å²) >= 11 is 1.82. The Bertz CT molecular complexity index is 588. The summed E-state index contributed by atoms with van der Waals surface area (Å²) in [6, 6.07) is 9.82. The fraction of sp³-hybridized carbons (Fsp3) is 0.500. The smallest absolute Gasteiger partial charge is 0.0992 e. The van der Waals surface area contributed by atoms with Crippen LogP contribution in [0.25, 0.3) is 0 Å². The first-order valence-corrected chi connectivity index (χ1v) is 8.90. The highest BCUT2D eigenvalue weighted by Gasteiger charge is 2.23. The molecule has 1 aliphatic rings. The Labute approximate surface area is 136 Å². The van der Waals surface area contributed by atoms with E-state index in [0.29, 0.717) is 12.5 Å². The van der Waals surface area contributed by atoms with Crippen molar-refractivity contribution < 1.29 is 5.11 Å². The van der Waals surface area contributed by atoms with Crippen molar-refractivity contribution in [1.29, 1.82) is 0 Å². The first kappa shape index (κ1) is 15.7. The highest BCUT2D eigenvalue weighted by molar-refractivity contribution is 7.11. The number of aliphatic hydroxyl groups is 1. The number of rotatable bonds is 6. The molecule has 1 atom stereocenters. The lowest BCUT2D eigenvalue weighted by Gasteiger charge is -2.24. The van der Waals surface area contributed by atoms with Gasteiger partial charge in [-0.1, -0.05) is 43.2 Å². The van der Waals surface area contributed by atoms with Gasteiger partial charge in [-0.15, -0.1) is 11.3 Å². The van der Waals surface area contributed by atoms with Crippen LogP contribution in [0, 0.1) is 0 Å². The Hall–Kier alpha value is -1.23. The molecule has 0 bridgehead atoms. The molecule has 0 spiro atoms. The molecule has 2 N–H and O–H groups in total. The molecule has 3 rings (SSSR count). The van der Waals surface area contributed by atoms with E-state index in [1.165, 1.54) is 35.6 Å². The van der Waals surface area contributed by atoms with Gasteiger partial charge >= 0.3 is 0 Å². The lowest BCUT2D eigenvalue weighted by molar-refractivity contribution is 0.0567. The van der Waals surface area contributed by atoms with E-state index in [1.807, 2.05) is 54.8 Å². The van der Waals surface area contributed by atoms with Gasteiger partial charge in [0.1, 0.15) is 0 Å². The van der Waals surface area contributed by atoms with Crippen LogP contribution in [-0.2, 0) is 12.1 Å². The Kier molecular flexibility index (Phi) is 4.91. The first-order valence-electron chi connectivity index (χ1n) is 8.08. The highest BCUT2D eigenvalue weighted by atomic mass is 32.1. The minimum Gasteiger partial charge on any atom is -0.384 e. The molecule has 4 heteroatoms. The standard InChI is InChI=1S/C18H24N2OS/c1-18(21,15-9-3-2-4-10-15)13-19-11-16-12-20-17(22-16)14-7-5-6-8-14/h2-4,9-10,12,14,19,21H,5-8,11,13H2,1H3. The van der Waals surface area contributed by atoms with Crippen LogP contribution in [0.3, 0.4) is 0 Å². The number of thiazole rings is 1. The fourth-order valence-corrected chi connectivity index (χ4v) is 4.15. The zero-order valence-corrected chi connectivity index (χ0v) is 13.9. The molecule has 1 aromatic heterocycles. The molecule has 22 heavy (non-hydrogen) atoms. The molecule has 3 nitrogen and oxygen atoms in total.